The molecule has 4 heteroatoms. The van der Waals surface area contributed by atoms with Crippen molar-refractivity contribution in [2.24, 2.45) is 5.92 Å². The van der Waals surface area contributed by atoms with E-state index < -0.39 is 5.97 Å². The summed E-state index contributed by atoms with van der Waals surface area (Å²) in [5, 5.41) is 12.5. The minimum Gasteiger partial charge on any atom is -0.481 e. The first-order valence-electron chi connectivity index (χ1n) is 5.71. The first-order valence-corrected chi connectivity index (χ1v) is 5.71. The Morgan fingerprint density at radius 2 is 2.33 bits per heavy atom. The summed E-state index contributed by atoms with van der Waals surface area (Å²) in [6.45, 7) is 1.47. The first kappa shape index (κ1) is 12.5. The van der Waals surface area contributed by atoms with Gasteiger partial charge in [0.25, 0.3) is 0 Å². The second-order valence-corrected chi connectivity index (χ2v) is 4.14. The van der Waals surface area contributed by atoms with Gasteiger partial charge in [0.05, 0.1) is 5.92 Å². The summed E-state index contributed by atoms with van der Waals surface area (Å²) in [5.74, 6) is -1.01. The van der Waals surface area contributed by atoms with Gasteiger partial charge in [-0.05, 0) is 25.8 Å². The number of carbonyl (C=O) groups is 1. The third-order valence-electron chi connectivity index (χ3n) is 3.03. The molecule has 0 aromatic rings. The lowest BCUT2D eigenvalue weighted by atomic mass is 9.93. The van der Waals surface area contributed by atoms with E-state index in [4.69, 9.17) is 9.84 Å². The molecule has 1 aliphatic heterocycles. The molecule has 2 atom stereocenters. The lowest BCUT2D eigenvalue weighted by Crippen LogP contribution is -2.40. The topological polar surface area (TPSA) is 58.6 Å². The number of ether oxygens (including phenoxy) is 1. The molecule has 1 fully saturated rings. The van der Waals surface area contributed by atoms with E-state index in [0.717, 1.165) is 25.8 Å². The molecule has 1 saturated heterocycles. The van der Waals surface area contributed by atoms with Gasteiger partial charge in [-0.3, -0.25) is 4.79 Å². The van der Waals surface area contributed by atoms with Crippen LogP contribution in [0.25, 0.3) is 0 Å². The van der Waals surface area contributed by atoms with Crippen molar-refractivity contribution in [2.45, 2.75) is 38.1 Å². The van der Waals surface area contributed by atoms with E-state index in [2.05, 4.69) is 5.32 Å². The van der Waals surface area contributed by atoms with Gasteiger partial charge in [0.2, 0.25) is 0 Å². The third kappa shape index (κ3) is 4.18. The van der Waals surface area contributed by atoms with E-state index in [9.17, 15) is 4.79 Å². The van der Waals surface area contributed by atoms with Crippen LogP contribution in [0, 0.1) is 5.92 Å². The lowest BCUT2D eigenvalue weighted by molar-refractivity contribution is -0.143. The van der Waals surface area contributed by atoms with Crippen LogP contribution in [0.4, 0.5) is 0 Å². The summed E-state index contributed by atoms with van der Waals surface area (Å²) in [6.07, 6.45) is 5.08. The van der Waals surface area contributed by atoms with E-state index >= 15 is 0 Å². The molecule has 88 valence electrons. The Labute approximate surface area is 91.0 Å². The van der Waals surface area contributed by atoms with Gasteiger partial charge in [-0.15, -0.1) is 0 Å². The SMILES string of the molecule is COCCC(C(=O)O)C1CCCCCN1. The van der Waals surface area contributed by atoms with Gasteiger partial charge in [0.1, 0.15) is 0 Å². The highest BCUT2D eigenvalue weighted by atomic mass is 16.5. The molecule has 1 rings (SSSR count). The maximum atomic E-state index is 11.1. The van der Waals surface area contributed by atoms with Gasteiger partial charge in [0, 0.05) is 19.8 Å². The largest absolute Gasteiger partial charge is 0.481 e. The molecule has 0 amide bonds. The van der Waals surface area contributed by atoms with E-state index in [-0.39, 0.29) is 12.0 Å². The van der Waals surface area contributed by atoms with Crippen molar-refractivity contribution in [3.63, 3.8) is 0 Å². The van der Waals surface area contributed by atoms with E-state index in [1.54, 1.807) is 7.11 Å². The van der Waals surface area contributed by atoms with Gasteiger partial charge in [-0.1, -0.05) is 12.8 Å². The maximum absolute atomic E-state index is 11.1. The number of hydrogen-bond donors (Lipinski definition) is 2. The second kappa shape index (κ2) is 6.80. The van der Waals surface area contributed by atoms with Crippen LogP contribution < -0.4 is 5.32 Å². The number of aliphatic carboxylic acids is 1. The maximum Gasteiger partial charge on any atom is 0.308 e. The highest BCUT2D eigenvalue weighted by Gasteiger charge is 2.27. The zero-order valence-electron chi connectivity index (χ0n) is 9.37. The van der Waals surface area contributed by atoms with E-state index in [1.165, 1.54) is 6.42 Å². The van der Waals surface area contributed by atoms with Crippen LogP contribution in [0.1, 0.15) is 32.1 Å². The van der Waals surface area contributed by atoms with E-state index in [0.29, 0.717) is 13.0 Å². The average molecular weight is 215 g/mol. The molecule has 0 saturated carbocycles. The average Bonchev–Trinajstić information content (AvgIpc) is 2.47. The number of rotatable bonds is 5. The summed E-state index contributed by atoms with van der Waals surface area (Å²) < 4.78 is 4.95. The van der Waals surface area contributed by atoms with Gasteiger partial charge in [0.15, 0.2) is 0 Å². The molecule has 4 nitrogen and oxygen atoms in total. The Morgan fingerprint density at radius 1 is 1.53 bits per heavy atom. The summed E-state index contributed by atoms with van der Waals surface area (Å²) in [6, 6.07) is 0.125. The molecule has 2 unspecified atom stereocenters. The minimum atomic E-state index is -0.702. The molecule has 0 bridgehead atoms. The van der Waals surface area contributed by atoms with Crippen LogP contribution in [0.5, 0.6) is 0 Å². The Kier molecular flexibility index (Phi) is 5.65. The molecule has 0 spiro atoms. The molecule has 0 aromatic carbocycles. The van der Waals surface area contributed by atoms with Gasteiger partial charge < -0.3 is 15.2 Å². The van der Waals surface area contributed by atoms with Crippen LogP contribution >= 0.6 is 0 Å². The number of methoxy groups -OCH3 is 1. The standard InChI is InChI=1S/C11H21NO3/c1-15-8-6-9(11(13)14)10-5-3-2-4-7-12-10/h9-10,12H,2-8H2,1H3,(H,13,14). The number of carboxylic acid groups (broad SMARTS) is 1. The van der Waals surface area contributed by atoms with Crippen molar-refractivity contribution in [3.8, 4) is 0 Å². The molecular formula is C11H21NO3. The summed E-state index contributed by atoms with van der Waals surface area (Å²) in [4.78, 5) is 11.1. The molecule has 2 N–H and O–H groups in total. The third-order valence-corrected chi connectivity index (χ3v) is 3.03. The molecule has 15 heavy (non-hydrogen) atoms. The summed E-state index contributed by atoms with van der Waals surface area (Å²) >= 11 is 0. The molecule has 0 radical (unpaired) electrons. The Balaban J connectivity index is 2.48. The van der Waals surface area contributed by atoms with Crippen LogP contribution in [0.15, 0.2) is 0 Å². The fraction of sp³-hybridized carbons (Fsp3) is 0.909. The van der Waals surface area contributed by atoms with Gasteiger partial charge in [-0.2, -0.15) is 0 Å². The predicted octanol–water partition coefficient (Wildman–Crippen LogP) is 1.26. The highest BCUT2D eigenvalue weighted by molar-refractivity contribution is 5.70. The number of carboxylic acids is 1. The van der Waals surface area contributed by atoms with Crippen molar-refractivity contribution in [3.05, 3.63) is 0 Å². The molecule has 1 aliphatic rings. The minimum absolute atomic E-state index is 0.125. The van der Waals surface area contributed by atoms with E-state index in [1.807, 2.05) is 0 Å². The summed E-state index contributed by atoms with van der Waals surface area (Å²) in [7, 11) is 1.61. The monoisotopic (exact) mass is 215 g/mol. The first-order chi connectivity index (χ1) is 7.25. The van der Waals surface area contributed by atoms with Crippen molar-refractivity contribution in [1.29, 1.82) is 0 Å². The molecule has 0 aliphatic carbocycles. The van der Waals surface area contributed by atoms with Crippen molar-refractivity contribution < 1.29 is 14.6 Å². The number of nitrogens with one attached hydrogen (secondary N) is 1. The fourth-order valence-electron chi connectivity index (χ4n) is 2.14. The molecule has 0 aromatic heterocycles. The molecular weight excluding hydrogens is 194 g/mol. The van der Waals surface area contributed by atoms with Crippen molar-refractivity contribution >= 4 is 5.97 Å². The van der Waals surface area contributed by atoms with Crippen molar-refractivity contribution in [2.75, 3.05) is 20.3 Å². The lowest BCUT2D eigenvalue weighted by Gasteiger charge is -2.23. The zero-order valence-corrected chi connectivity index (χ0v) is 9.37. The number of hydrogen-bond acceptors (Lipinski definition) is 3. The van der Waals surface area contributed by atoms with Gasteiger partial charge >= 0.3 is 5.97 Å². The van der Waals surface area contributed by atoms with Crippen LogP contribution in [-0.2, 0) is 9.53 Å². The zero-order chi connectivity index (χ0) is 11.1. The smallest absolute Gasteiger partial charge is 0.308 e. The van der Waals surface area contributed by atoms with Crippen LogP contribution in [-0.4, -0.2) is 37.4 Å². The Morgan fingerprint density at radius 3 is 3.00 bits per heavy atom. The van der Waals surface area contributed by atoms with Gasteiger partial charge in [-0.25, -0.2) is 0 Å². The van der Waals surface area contributed by atoms with Crippen molar-refractivity contribution in [1.82, 2.24) is 5.32 Å². The Hall–Kier alpha value is -0.610. The van der Waals surface area contributed by atoms with Crippen LogP contribution in [0.2, 0.25) is 0 Å². The normalized spacial score (nSPS) is 24.5. The second-order valence-electron chi connectivity index (χ2n) is 4.14. The Bertz CT molecular complexity index is 188. The quantitative estimate of drug-likeness (QED) is 0.724. The molecule has 1 heterocycles. The van der Waals surface area contributed by atoms with Crippen LogP contribution in [0.3, 0.4) is 0 Å². The summed E-state index contributed by atoms with van der Waals surface area (Å²) in [5.41, 5.74) is 0. The highest BCUT2D eigenvalue weighted by Crippen LogP contribution is 2.18. The predicted molar refractivity (Wildman–Crippen MR) is 57.9 cm³/mol. The fourth-order valence-corrected chi connectivity index (χ4v) is 2.14.